The van der Waals surface area contributed by atoms with Crippen molar-refractivity contribution in [3.8, 4) is 0 Å². The molecule has 0 atom stereocenters. The molecular formula is C13H15ClN2O3S. The van der Waals surface area contributed by atoms with Crippen LogP contribution in [0.4, 0.5) is 0 Å². The second-order valence-corrected chi connectivity index (χ2v) is 7.34. The van der Waals surface area contributed by atoms with E-state index in [9.17, 15) is 8.42 Å². The molecule has 0 amide bonds. The van der Waals surface area contributed by atoms with Crippen molar-refractivity contribution in [2.24, 2.45) is 5.10 Å². The third-order valence-corrected chi connectivity index (χ3v) is 5.45. The molecule has 1 saturated heterocycles. The van der Waals surface area contributed by atoms with Crippen LogP contribution in [0.15, 0.2) is 28.2 Å². The molecule has 1 aromatic rings. The van der Waals surface area contributed by atoms with Crippen LogP contribution in [-0.2, 0) is 14.6 Å². The molecule has 2 aliphatic heterocycles. The van der Waals surface area contributed by atoms with Crippen LogP contribution < -0.4 is 0 Å². The van der Waals surface area contributed by atoms with Crippen LogP contribution in [-0.4, -0.2) is 51.2 Å². The van der Waals surface area contributed by atoms with Crippen LogP contribution in [0.1, 0.15) is 12.0 Å². The average molecular weight is 315 g/mol. The highest BCUT2D eigenvalue weighted by molar-refractivity contribution is 7.91. The first-order valence-corrected chi connectivity index (χ1v) is 8.52. The van der Waals surface area contributed by atoms with Gasteiger partial charge in [-0.1, -0.05) is 11.6 Å². The Morgan fingerprint density at radius 3 is 2.75 bits per heavy atom. The summed E-state index contributed by atoms with van der Waals surface area (Å²) in [6.45, 7) is 2.76. The lowest BCUT2D eigenvalue weighted by atomic mass is 10.1. The maximum atomic E-state index is 12.1. The largest absolute Gasteiger partial charge is 0.378 e. The molecule has 7 heteroatoms. The molecule has 3 rings (SSSR count). The van der Waals surface area contributed by atoms with E-state index in [0.717, 1.165) is 18.8 Å². The average Bonchev–Trinajstić information content (AvgIpc) is 2.43. The van der Waals surface area contributed by atoms with E-state index in [1.54, 1.807) is 18.2 Å². The van der Waals surface area contributed by atoms with Gasteiger partial charge >= 0.3 is 0 Å². The summed E-state index contributed by atoms with van der Waals surface area (Å²) in [6, 6.07) is 4.86. The molecule has 1 aromatic carbocycles. The Morgan fingerprint density at radius 2 is 2.00 bits per heavy atom. The van der Waals surface area contributed by atoms with Gasteiger partial charge in [-0.15, -0.1) is 0 Å². The van der Waals surface area contributed by atoms with E-state index in [1.807, 2.05) is 5.01 Å². The lowest BCUT2D eigenvalue weighted by molar-refractivity contribution is 0.0393. The van der Waals surface area contributed by atoms with E-state index >= 15 is 0 Å². The maximum absolute atomic E-state index is 12.1. The number of benzene rings is 1. The van der Waals surface area contributed by atoms with Crippen LogP contribution in [0, 0.1) is 0 Å². The molecule has 108 valence electrons. The van der Waals surface area contributed by atoms with E-state index in [0.29, 0.717) is 35.1 Å². The van der Waals surface area contributed by atoms with Gasteiger partial charge in [-0.3, -0.25) is 5.01 Å². The number of morpholine rings is 1. The fourth-order valence-electron chi connectivity index (χ4n) is 2.40. The molecular weight excluding hydrogens is 300 g/mol. The van der Waals surface area contributed by atoms with Gasteiger partial charge < -0.3 is 4.74 Å². The second-order valence-electron chi connectivity index (χ2n) is 4.82. The molecule has 0 saturated carbocycles. The van der Waals surface area contributed by atoms with Gasteiger partial charge in [0.15, 0.2) is 9.84 Å². The zero-order valence-electron chi connectivity index (χ0n) is 10.9. The molecule has 0 radical (unpaired) electrons. The summed E-state index contributed by atoms with van der Waals surface area (Å²) in [7, 11) is -3.22. The topological polar surface area (TPSA) is 59.0 Å². The molecule has 0 aromatic heterocycles. The predicted octanol–water partition coefficient (Wildman–Crippen LogP) is 1.55. The first-order valence-electron chi connectivity index (χ1n) is 6.49. The number of fused-ring (bicyclic) bond motifs is 1. The summed E-state index contributed by atoms with van der Waals surface area (Å²) >= 11 is 5.99. The number of hydrogen-bond acceptors (Lipinski definition) is 5. The van der Waals surface area contributed by atoms with E-state index in [2.05, 4.69) is 5.10 Å². The third-order valence-electron chi connectivity index (χ3n) is 3.44. The monoisotopic (exact) mass is 314 g/mol. The van der Waals surface area contributed by atoms with E-state index in [1.165, 1.54) is 0 Å². The van der Waals surface area contributed by atoms with Crippen molar-refractivity contribution in [3.63, 3.8) is 0 Å². The van der Waals surface area contributed by atoms with Gasteiger partial charge in [0.2, 0.25) is 0 Å². The standard InChI is InChI=1S/C13H15ClN2O3S/c14-10-1-2-13-11(9-10)12(3-8-20(13,17)18)15-16-4-6-19-7-5-16/h1-2,9H,3-8H2/b15-12+. The molecule has 1 fully saturated rings. The van der Waals surface area contributed by atoms with Crippen LogP contribution in [0.3, 0.4) is 0 Å². The smallest absolute Gasteiger partial charge is 0.179 e. The Labute approximate surface area is 123 Å². The number of hydrazone groups is 1. The van der Waals surface area contributed by atoms with Crippen molar-refractivity contribution in [1.29, 1.82) is 0 Å². The molecule has 0 bridgehead atoms. The van der Waals surface area contributed by atoms with Crippen molar-refractivity contribution in [2.45, 2.75) is 11.3 Å². The van der Waals surface area contributed by atoms with Crippen molar-refractivity contribution >= 4 is 27.1 Å². The van der Waals surface area contributed by atoms with Gasteiger partial charge in [0.1, 0.15) is 0 Å². The predicted molar refractivity (Wildman–Crippen MR) is 77.1 cm³/mol. The van der Waals surface area contributed by atoms with Gasteiger partial charge in [-0.25, -0.2) is 8.42 Å². The Morgan fingerprint density at radius 1 is 1.25 bits per heavy atom. The Balaban J connectivity index is 2.02. The fraction of sp³-hybridized carbons (Fsp3) is 0.462. The number of nitrogens with zero attached hydrogens (tertiary/aromatic N) is 2. The minimum Gasteiger partial charge on any atom is -0.378 e. The van der Waals surface area contributed by atoms with Gasteiger partial charge in [-0.2, -0.15) is 5.10 Å². The van der Waals surface area contributed by atoms with Gasteiger partial charge in [0.25, 0.3) is 0 Å². The molecule has 20 heavy (non-hydrogen) atoms. The first kappa shape index (κ1) is 13.9. The SMILES string of the molecule is O=S1(=O)CC/C(=N\N2CCOCC2)c2cc(Cl)ccc21. The molecule has 2 aliphatic rings. The number of halogens is 1. The summed E-state index contributed by atoms with van der Waals surface area (Å²) in [5, 5.41) is 7.05. The van der Waals surface area contributed by atoms with E-state index < -0.39 is 9.84 Å². The molecule has 0 aliphatic carbocycles. The summed E-state index contributed by atoms with van der Waals surface area (Å²) in [6.07, 6.45) is 0.424. The van der Waals surface area contributed by atoms with Gasteiger partial charge in [0.05, 0.1) is 42.7 Å². The number of rotatable bonds is 1. The summed E-state index contributed by atoms with van der Waals surface area (Å²) in [5.74, 6) is 0.102. The summed E-state index contributed by atoms with van der Waals surface area (Å²) in [4.78, 5) is 0.333. The first-order chi connectivity index (χ1) is 9.56. The van der Waals surface area contributed by atoms with E-state index in [4.69, 9.17) is 16.3 Å². The van der Waals surface area contributed by atoms with E-state index in [-0.39, 0.29) is 5.75 Å². The quantitative estimate of drug-likeness (QED) is 0.789. The molecule has 0 N–H and O–H groups in total. The Hall–Kier alpha value is -1.11. The van der Waals surface area contributed by atoms with Gasteiger partial charge in [0, 0.05) is 17.0 Å². The highest BCUT2D eigenvalue weighted by Crippen LogP contribution is 2.28. The zero-order valence-corrected chi connectivity index (χ0v) is 12.5. The minimum atomic E-state index is -3.22. The van der Waals surface area contributed by atoms with Crippen LogP contribution >= 0.6 is 11.6 Å². The van der Waals surface area contributed by atoms with Crippen LogP contribution in [0.25, 0.3) is 0 Å². The number of ether oxygens (including phenoxy) is 1. The molecule has 5 nitrogen and oxygen atoms in total. The minimum absolute atomic E-state index is 0.102. The summed E-state index contributed by atoms with van der Waals surface area (Å²) in [5.41, 5.74) is 1.43. The Kier molecular flexibility index (Phi) is 3.70. The zero-order chi connectivity index (χ0) is 14.2. The summed E-state index contributed by atoms with van der Waals surface area (Å²) < 4.78 is 29.5. The third kappa shape index (κ3) is 2.68. The Bertz CT molecular complexity index is 652. The fourth-order valence-corrected chi connectivity index (χ4v) is 4.04. The lowest BCUT2D eigenvalue weighted by Crippen LogP contribution is -2.34. The van der Waals surface area contributed by atoms with Crippen molar-refractivity contribution < 1.29 is 13.2 Å². The normalized spacial score (nSPS) is 23.6. The van der Waals surface area contributed by atoms with Crippen LogP contribution in [0.5, 0.6) is 0 Å². The molecule has 0 unspecified atom stereocenters. The van der Waals surface area contributed by atoms with Crippen molar-refractivity contribution in [3.05, 3.63) is 28.8 Å². The molecule has 0 spiro atoms. The van der Waals surface area contributed by atoms with Crippen molar-refractivity contribution in [1.82, 2.24) is 5.01 Å². The van der Waals surface area contributed by atoms with Crippen molar-refractivity contribution in [2.75, 3.05) is 32.1 Å². The van der Waals surface area contributed by atoms with Crippen LogP contribution in [0.2, 0.25) is 5.02 Å². The molecule has 2 heterocycles. The highest BCUT2D eigenvalue weighted by atomic mass is 35.5. The maximum Gasteiger partial charge on any atom is 0.179 e. The second kappa shape index (κ2) is 5.35. The lowest BCUT2D eigenvalue weighted by Gasteiger charge is -2.27. The van der Waals surface area contributed by atoms with Gasteiger partial charge in [-0.05, 0) is 18.2 Å². The highest BCUT2D eigenvalue weighted by Gasteiger charge is 2.28. The number of sulfone groups is 1. The number of hydrogen-bond donors (Lipinski definition) is 0.